The Morgan fingerprint density at radius 3 is 1.49 bits per heavy atom. The van der Waals surface area contributed by atoms with Crippen molar-refractivity contribution in [2.45, 2.75) is 6.17 Å². The molecule has 0 fully saturated rings. The minimum absolute atomic E-state index is 0.114. The molecule has 0 aliphatic carbocycles. The maximum atomic E-state index is 3.71. The van der Waals surface area contributed by atoms with E-state index in [-0.39, 0.29) is 6.17 Å². The van der Waals surface area contributed by atoms with Crippen LogP contribution in [0.1, 0.15) is 11.1 Å². The fourth-order valence-corrected chi connectivity index (χ4v) is 6.37. The van der Waals surface area contributed by atoms with Gasteiger partial charge in [-0.25, -0.2) is 0 Å². The summed E-state index contributed by atoms with van der Waals surface area (Å²) >= 11 is 0. The number of fused-ring (bicyclic) bond motifs is 3. The zero-order valence-electron chi connectivity index (χ0n) is 22.5. The van der Waals surface area contributed by atoms with Crippen molar-refractivity contribution in [3.8, 4) is 22.3 Å². The highest BCUT2D eigenvalue weighted by Crippen LogP contribution is 2.43. The lowest BCUT2D eigenvalue weighted by molar-refractivity contribution is 0.448. The molecule has 6 aromatic rings. The van der Waals surface area contributed by atoms with Crippen LogP contribution in [0.25, 0.3) is 55.2 Å². The molecule has 8 rings (SSSR count). The number of nitrogens with zero attached hydrogens (tertiary/aromatic N) is 1. The molecule has 2 aliphatic heterocycles. The van der Waals surface area contributed by atoms with Crippen LogP contribution in [0, 0.1) is 0 Å². The predicted molar refractivity (Wildman–Crippen MR) is 173 cm³/mol. The number of hydrogen-bond acceptors (Lipinski definition) is 2. The Balaban J connectivity index is 1.22. The van der Waals surface area contributed by atoms with Gasteiger partial charge in [-0.2, -0.15) is 0 Å². The number of benzene rings is 6. The summed E-state index contributed by atoms with van der Waals surface area (Å²) in [6.07, 6.45) is 8.89. The number of allylic oxidation sites excluding steroid dienone is 2. The van der Waals surface area contributed by atoms with E-state index in [1.54, 1.807) is 0 Å². The Hall–Kier alpha value is -5.34. The van der Waals surface area contributed by atoms with E-state index in [0.29, 0.717) is 0 Å². The Morgan fingerprint density at radius 2 is 0.927 bits per heavy atom. The van der Waals surface area contributed by atoms with E-state index in [9.17, 15) is 0 Å². The zero-order valence-corrected chi connectivity index (χ0v) is 22.5. The van der Waals surface area contributed by atoms with Crippen molar-refractivity contribution in [3.05, 3.63) is 169 Å². The summed E-state index contributed by atoms with van der Waals surface area (Å²) in [5.41, 5.74) is 9.78. The summed E-state index contributed by atoms with van der Waals surface area (Å²) in [6.45, 7) is 0. The van der Waals surface area contributed by atoms with Crippen molar-refractivity contribution >= 4 is 32.9 Å². The normalized spacial score (nSPS) is 15.9. The van der Waals surface area contributed by atoms with Gasteiger partial charge in [-0.1, -0.05) is 140 Å². The number of hydrogen-bond donors (Lipinski definition) is 1. The molecule has 41 heavy (non-hydrogen) atoms. The molecule has 1 atom stereocenters. The van der Waals surface area contributed by atoms with E-state index in [1.165, 1.54) is 60.6 Å². The molecule has 1 unspecified atom stereocenters. The quantitative estimate of drug-likeness (QED) is 0.231. The minimum Gasteiger partial charge on any atom is -0.360 e. The van der Waals surface area contributed by atoms with Gasteiger partial charge in [0.25, 0.3) is 0 Å². The van der Waals surface area contributed by atoms with E-state index in [0.717, 1.165) is 5.70 Å². The van der Waals surface area contributed by atoms with Crippen molar-refractivity contribution in [1.82, 2.24) is 10.2 Å². The third-order valence-electron chi connectivity index (χ3n) is 8.25. The van der Waals surface area contributed by atoms with Crippen LogP contribution >= 0.6 is 0 Å². The van der Waals surface area contributed by atoms with Gasteiger partial charge in [0, 0.05) is 6.20 Å². The van der Waals surface area contributed by atoms with Crippen LogP contribution in [-0.2, 0) is 0 Å². The first-order valence-corrected chi connectivity index (χ1v) is 14.2. The maximum Gasteiger partial charge on any atom is 0.123 e. The third kappa shape index (κ3) is 3.96. The van der Waals surface area contributed by atoms with Crippen molar-refractivity contribution in [3.63, 3.8) is 0 Å². The van der Waals surface area contributed by atoms with E-state index in [2.05, 4.69) is 168 Å². The molecule has 0 amide bonds. The van der Waals surface area contributed by atoms with Crippen molar-refractivity contribution < 1.29 is 0 Å². The summed E-state index contributed by atoms with van der Waals surface area (Å²) in [5, 5.41) is 8.82. The van der Waals surface area contributed by atoms with Crippen LogP contribution in [-0.4, -0.2) is 11.1 Å². The summed E-state index contributed by atoms with van der Waals surface area (Å²) < 4.78 is 0. The van der Waals surface area contributed by atoms with Crippen LogP contribution in [0.2, 0.25) is 0 Å². The summed E-state index contributed by atoms with van der Waals surface area (Å²) in [4.78, 5) is 2.32. The molecule has 0 saturated carbocycles. The first-order chi connectivity index (χ1) is 20.3. The van der Waals surface area contributed by atoms with E-state index >= 15 is 0 Å². The van der Waals surface area contributed by atoms with Crippen molar-refractivity contribution in [2.75, 3.05) is 0 Å². The Morgan fingerprint density at radius 1 is 0.463 bits per heavy atom. The van der Waals surface area contributed by atoms with E-state index in [1.807, 2.05) is 0 Å². The topological polar surface area (TPSA) is 15.3 Å². The molecule has 194 valence electrons. The molecular formula is C39H28N2. The van der Waals surface area contributed by atoms with Gasteiger partial charge in [-0.3, -0.25) is 0 Å². The molecule has 2 aliphatic rings. The summed E-state index contributed by atoms with van der Waals surface area (Å²) in [7, 11) is 0. The second-order valence-corrected chi connectivity index (χ2v) is 10.6. The molecule has 6 aromatic carbocycles. The summed E-state index contributed by atoms with van der Waals surface area (Å²) in [6, 6.07) is 48.0. The fourth-order valence-electron chi connectivity index (χ4n) is 6.37. The highest BCUT2D eigenvalue weighted by atomic mass is 15.3. The van der Waals surface area contributed by atoms with Crippen LogP contribution in [0.3, 0.4) is 0 Å². The van der Waals surface area contributed by atoms with E-state index in [4.69, 9.17) is 0 Å². The van der Waals surface area contributed by atoms with Gasteiger partial charge in [0.15, 0.2) is 0 Å². The smallest absolute Gasteiger partial charge is 0.123 e. The number of rotatable bonds is 4. The Labute approximate surface area is 240 Å². The Kier molecular flexibility index (Phi) is 5.56. The zero-order chi connectivity index (χ0) is 27.2. The largest absolute Gasteiger partial charge is 0.360 e. The highest BCUT2D eigenvalue weighted by Gasteiger charge is 2.27. The second-order valence-electron chi connectivity index (χ2n) is 10.6. The van der Waals surface area contributed by atoms with Gasteiger partial charge in [0.05, 0.1) is 11.4 Å². The van der Waals surface area contributed by atoms with Gasteiger partial charge in [-0.15, -0.1) is 0 Å². The molecule has 2 heteroatoms. The monoisotopic (exact) mass is 524 g/mol. The predicted octanol–water partition coefficient (Wildman–Crippen LogP) is 9.47. The standard InChI is InChI=1S/C39H28N2/c1-3-12-28(13-4-1)36-20-11-21-37-40-35(26-41(36)37)27-22-24-30(25-23-27)39-33-18-9-7-16-31(33)38(29-14-5-2-6-15-29)32-17-8-10-19-34(32)39/h1-26,37,40H. The molecule has 0 radical (unpaired) electrons. The molecule has 0 saturated heterocycles. The fraction of sp³-hybridized carbons (Fsp3) is 0.0256. The van der Waals surface area contributed by atoms with Gasteiger partial charge in [0.2, 0.25) is 0 Å². The van der Waals surface area contributed by atoms with Gasteiger partial charge in [0.1, 0.15) is 6.17 Å². The SMILES string of the molecule is C1=CC2NC(c3ccc(-c4c5ccccc5c(-c5ccccc5)c5ccccc45)cc3)=CN2C(c2ccccc2)=C1. The summed E-state index contributed by atoms with van der Waals surface area (Å²) in [5.74, 6) is 0. The highest BCUT2D eigenvalue weighted by molar-refractivity contribution is 6.21. The van der Waals surface area contributed by atoms with E-state index < -0.39 is 0 Å². The molecule has 2 nitrogen and oxygen atoms in total. The first-order valence-electron chi connectivity index (χ1n) is 14.2. The Bertz CT molecular complexity index is 1940. The molecule has 2 heterocycles. The van der Waals surface area contributed by atoms with Gasteiger partial charge in [-0.05, 0) is 67.1 Å². The third-order valence-corrected chi connectivity index (χ3v) is 8.25. The second kappa shape index (κ2) is 9.69. The lowest BCUT2D eigenvalue weighted by Gasteiger charge is -2.28. The first kappa shape index (κ1) is 23.5. The molecule has 0 aromatic heterocycles. The van der Waals surface area contributed by atoms with Crippen molar-refractivity contribution in [1.29, 1.82) is 0 Å². The molecule has 0 bridgehead atoms. The molecule has 1 N–H and O–H groups in total. The lowest BCUT2D eigenvalue weighted by atomic mass is 9.86. The molecule has 0 spiro atoms. The van der Waals surface area contributed by atoms with Gasteiger partial charge >= 0.3 is 0 Å². The number of nitrogens with one attached hydrogen (secondary N) is 1. The van der Waals surface area contributed by atoms with Crippen LogP contribution in [0.15, 0.2) is 158 Å². The molecular weight excluding hydrogens is 496 g/mol. The minimum atomic E-state index is 0.114. The van der Waals surface area contributed by atoms with Gasteiger partial charge < -0.3 is 10.2 Å². The average molecular weight is 525 g/mol. The van der Waals surface area contributed by atoms with Crippen molar-refractivity contribution in [2.24, 2.45) is 0 Å². The average Bonchev–Trinajstić information content (AvgIpc) is 3.49. The van der Waals surface area contributed by atoms with Crippen LogP contribution in [0.4, 0.5) is 0 Å². The van der Waals surface area contributed by atoms with Crippen LogP contribution < -0.4 is 5.32 Å². The van der Waals surface area contributed by atoms with Crippen LogP contribution in [0.5, 0.6) is 0 Å². The maximum absolute atomic E-state index is 3.71. The lowest BCUT2D eigenvalue weighted by Crippen LogP contribution is -2.34.